The van der Waals surface area contributed by atoms with Crippen molar-refractivity contribution in [3.8, 4) is 0 Å². The topological polar surface area (TPSA) is 29.1 Å². The molecule has 1 aromatic rings. The zero-order chi connectivity index (χ0) is 12.5. The van der Waals surface area contributed by atoms with Crippen LogP contribution in [0.3, 0.4) is 0 Å². The van der Waals surface area contributed by atoms with Crippen molar-refractivity contribution in [1.29, 1.82) is 0 Å². The average molecular weight is 229 g/mol. The highest BCUT2D eigenvalue weighted by Crippen LogP contribution is 2.04. The van der Waals surface area contributed by atoms with Crippen LogP contribution in [0.25, 0.3) is 0 Å². The predicted octanol–water partition coefficient (Wildman–Crippen LogP) is 3.33. The van der Waals surface area contributed by atoms with Crippen LogP contribution >= 0.6 is 0 Å². The molecule has 0 radical (unpaired) electrons. The molecule has 17 heavy (non-hydrogen) atoms. The van der Waals surface area contributed by atoms with Gasteiger partial charge in [0.05, 0.1) is 0 Å². The quantitative estimate of drug-likeness (QED) is 0.745. The van der Waals surface area contributed by atoms with E-state index in [4.69, 9.17) is 0 Å². The van der Waals surface area contributed by atoms with Crippen molar-refractivity contribution >= 4 is 5.91 Å². The van der Waals surface area contributed by atoms with Crippen molar-refractivity contribution in [3.63, 3.8) is 0 Å². The first-order valence-electron chi connectivity index (χ1n) is 5.85. The molecule has 0 saturated heterocycles. The fourth-order valence-electron chi connectivity index (χ4n) is 1.43. The first-order chi connectivity index (χ1) is 8.24. The highest BCUT2D eigenvalue weighted by molar-refractivity contribution is 5.94. The lowest BCUT2D eigenvalue weighted by Crippen LogP contribution is -2.24. The summed E-state index contributed by atoms with van der Waals surface area (Å²) in [6.07, 6.45) is 5.79. The lowest BCUT2D eigenvalue weighted by atomic mass is 10.1. The van der Waals surface area contributed by atoms with Crippen molar-refractivity contribution in [3.05, 3.63) is 60.2 Å². The van der Waals surface area contributed by atoms with Crippen LogP contribution in [-0.2, 0) is 0 Å². The van der Waals surface area contributed by atoms with Gasteiger partial charge in [-0.3, -0.25) is 4.79 Å². The number of carbonyl (C=O) groups is 1. The van der Waals surface area contributed by atoms with Gasteiger partial charge in [-0.25, -0.2) is 0 Å². The van der Waals surface area contributed by atoms with Crippen molar-refractivity contribution in [2.24, 2.45) is 0 Å². The summed E-state index contributed by atoms with van der Waals surface area (Å²) in [6.45, 7) is 6.59. The molecule has 0 aliphatic carbocycles. The summed E-state index contributed by atoms with van der Waals surface area (Å²) >= 11 is 0. The van der Waals surface area contributed by atoms with E-state index < -0.39 is 0 Å². The third-order valence-corrected chi connectivity index (χ3v) is 2.44. The third-order valence-electron chi connectivity index (χ3n) is 2.44. The first kappa shape index (κ1) is 13.2. The van der Waals surface area contributed by atoms with E-state index in [2.05, 4.69) is 18.0 Å². The van der Waals surface area contributed by atoms with E-state index in [-0.39, 0.29) is 5.91 Å². The molecule has 90 valence electrons. The smallest absolute Gasteiger partial charge is 0.251 e. The standard InChI is InChI=1S/C15H19NO/c1-3-4-8-13(2)11-12-16-15(17)14-9-6-5-7-10-14/h3-7,9-10H,2,8,11-12H2,1H3,(H,16,17)/b4-3+. The highest BCUT2D eigenvalue weighted by Gasteiger charge is 2.02. The van der Waals surface area contributed by atoms with Crippen LogP contribution in [0.1, 0.15) is 30.1 Å². The van der Waals surface area contributed by atoms with Gasteiger partial charge < -0.3 is 5.32 Å². The Morgan fingerprint density at radius 1 is 1.35 bits per heavy atom. The molecule has 2 nitrogen and oxygen atoms in total. The lowest BCUT2D eigenvalue weighted by molar-refractivity contribution is 0.0954. The van der Waals surface area contributed by atoms with Gasteiger partial charge in [0.25, 0.3) is 5.91 Å². The minimum Gasteiger partial charge on any atom is -0.352 e. The molecule has 0 aliphatic heterocycles. The molecule has 0 fully saturated rings. The van der Waals surface area contributed by atoms with Crippen LogP contribution in [0.4, 0.5) is 0 Å². The van der Waals surface area contributed by atoms with Gasteiger partial charge in [0.2, 0.25) is 0 Å². The zero-order valence-corrected chi connectivity index (χ0v) is 10.3. The fourth-order valence-corrected chi connectivity index (χ4v) is 1.43. The van der Waals surface area contributed by atoms with E-state index >= 15 is 0 Å². The van der Waals surface area contributed by atoms with Gasteiger partial charge in [-0.2, -0.15) is 0 Å². The zero-order valence-electron chi connectivity index (χ0n) is 10.3. The number of nitrogens with one attached hydrogen (secondary N) is 1. The Bertz CT molecular complexity index is 393. The Balaban J connectivity index is 2.28. The van der Waals surface area contributed by atoms with Crippen molar-refractivity contribution in [2.45, 2.75) is 19.8 Å². The molecule has 1 N–H and O–H groups in total. The van der Waals surface area contributed by atoms with E-state index in [1.54, 1.807) is 0 Å². The van der Waals surface area contributed by atoms with Crippen LogP contribution in [0.5, 0.6) is 0 Å². The Labute approximate surface area is 103 Å². The molecule has 0 saturated carbocycles. The SMILES string of the molecule is C=C(C/C=C/C)CCNC(=O)c1ccccc1. The molecular weight excluding hydrogens is 210 g/mol. The lowest BCUT2D eigenvalue weighted by Gasteiger charge is -2.06. The Morgan fingerprint density at radius 2 is 2.06 bits per heavy atom. The predicted molar refractivity (Wildman–Crippen MR) is 72.0 cm³/mol. The summed E-state index contributed by atoms with van der Waals surface area (Å²) in [5, 5.41) is 2.88. The third kappa shape index (κ3) is 5.16. The van der Waals surface area contributed by atoms with Crippen molar-refractivity contribution in [1.82, 2.24) is 5.32 Å². The van der Waals surface area contributed by atoms with E-state index in [1.807, 2.05) is 43.3 Å². The van der Waals surface area contributed by atoms with Crippen molar-refractivity contribution < 1.29 is 4.79 Å². The monoisotopic (exact) mass is 229 g/mol. The van der Waals surface area contributed by atoms with Crippen molar-refractivity contribution in [2.75, 3.05) is 6.54 Å². The second-order valence-corrected chi connectivity index (χ2v) is 3.90. The molecule has 0 aromatic heterocycles. The van der Waals surface area contributed by atoms with E-state index in [9.17, 15) is 4.79 Å². The molecule has 0 aliphatic rings. The van der Waals surface area contributed by atoms with E-state index in [0.717, 1.165) is 18.4 Å². The maximum Gasteiger partial charge on any atom is 0.251 e. The molecule has 0 heterocycles. The summed E-state index contributed by atoms with van der Waals surface area (Å²) in [5.74, 6) is -0.0237. The van der Waals surface area contributed by atoms with Crippen LogP contribution in [0.2, 0.25) is 0 Å². The largest absolute Gasteiger partial charge is 0.352 e. The Hall–Kier alpha value is -1.83. The number of rotatable bonds is 6. The van der Waals surface area contributed by atoms with Crippen LogP contribution in [0, 0.1) is 0 Å². The second kappa shape index (κ2) is 7.44. The molecule has 0 bridgehead atoms. The normalized spacial score (nSPS) is 10.4. The van der Waals surface area contributed by atoms with Crippen LogP contribution in [0.15, 0.2) is 54.6 Å². The summed E-state index contributed by atoms with van der Waals surface area (Å²) in [7, 11) is 0. The molecule has 0 spiro atoms. The Kier molecular flexibility index (Phi) is 5.80. The number of hydrogen-bond acceptors (Lipinski definition) is 1. The molecule has 1 aromatic carbocycles. The van der Waals surface area contributed by atoms with Gasteiger partial charge in [-0.15, -0.1) is 0 Å². The number of amides is 1. The Morgan fingerprint density at radius 3 is 2.71 bits per heavy atom. The summed E-state index contributed by atoms with van der Waals surface area (Å²) in [4.78, 5) is 11.7. The number of allylic oxidation sites excluding steroid dienone is 2. The van der Waals surface area contributed by atoms with Gasteiger partial charge in [0.15, 0.2) is 0 Å². The molecular formula is C15H19NO. The number of benzene rings is 1. The van der Waals surface area contributed by atoms with Crippen LogP contribution < -0.4 is 5.32 Å². The summed E-state index contributed by atoms with van der Waals surface area (Å²) in [6, 6.07) is 9.24. The van der Waals surface area contributed by atoms with E-state index in [1.165, 1.54) is 0 Å². The molecule has 2 heteroatoms. The summed E-state index contributed by atoms with van der Waals surface area (Å²) < 4.78 is 0. The molecule has 1 rings (SSSR count). The molecule has 1 amide bonds. The minimum absolute atomic E-state index is 0.0237. The molecule has 0 unspecified atom stereocenters. The summed E-state index contributed by atoms with van der Waals surface area (Å²) in [5.41, 5.74) is 1.84. The fraction of sp³-hybridized carbons (Fsp3) is 0.267. The number of carbonyl (C=O) groups excluding carboxylic acids is 1. The maximum absolute atomic E-state index is 11.7. The highest BCUT2D eigenvalue weighted by atomic mass is 16.1. The maximum atomic E-state index is 11.7. The average Bonchev–Trinajstić information content (AvgIpc) is 2.37. The van der Waals surface area contributed by atoms with Gasteiger partial charge >= 0.3 is 0 Å². The first-order valence-corrected chi connectivity index (χ1v) is 5.85. The van der Waals surface area contributed by atoms with Gasteiger partial charge in [-0.05, 0) is 31.9 Å². The second-order valence-electron chi connectivity index (χ2n) is 3.90. The molecule has 0 atom stereocenters. The van der Waals surface area contributed by atoms with Gasteiger partial charge in [-0.1, -0.05) is 42.5 Å². The number of hydrogen-bond donors (Lipinski definition) is 1. The van der Waals surface area contributed by atoms with Gasteiger partial charge in [0, 0.05) is 12.1 Å². The van der Waals surface area contributed by atoms with E-state index in [0.29, 0.717) is 12.1 Å². The minimum atomic E-state index is -0.0237. The van der Waals surface area contributed by atoms with Crippen LogP contribution in [-0.4, -0.2) is 12.5 Å². The van der Waals surface area contributed by atoms with Gasteiger partial charge in [0.1, 0.15) is 0 Å².